The van der Waals surface area contributed by atoms with E-state index in [1.54, 1.807) is 23.9 Å². The summed E-state index contributed by atoms with van der Waals surface area (Å²) >= 11 is 1.61. The number of hydrogen-bond acceptors (Lipinski definition) is 5. The van der Waals surface area contributed by atoms with E-state index >= 15 is 0 Å². The van der Waals surface area contributed by atoms with Crippen molar-refractivity contribution in [3.63, 3.8) is 0 Å². The van der Waals surface area contributed by atoms with E-state index in [0.717, 1.165) is 58.7 Å². The average Bonchev–Trinajstić information content (AvgIpc) is 3.16. The van der Waals surface area contributed by atoms with E-state index in [1.807, 2.05) is 36.3 Å². The first kappa shape index (κ1) is 20.7. The molecule has 1 atom stereocenters. The lowest BCUT2D eigenvalue weighted by atomic mass is 9.97. The Bertz CT molecular complexity index is 1070. The molecule has 3 aromatic rings. The van der Waals surface area contributed by atoms with E-state index < -0.39 is 0 Å². The number of phenols is 1. The molecule has 6 heteroatoms. The minimum absolute atomic E-state index is 0.0930. The highest BCUT2D eigenvalue weighted by Gasteiger charge is 2.25. The highest BCUT2D eigenvalue weighted by atomic mass is 32.2. The van der Waals surface area contributed by atoms with Crippen LogP contribution in [0.2, 0.25) is 0 Å². The number of fused-ring (bicyclic) bond motifs is 1. The van der Waals surface area contributed by atoms with Crippen LogP contribution < -0.4 is 4.74 Å². The van der Waals surface area contributed by atoms with Crippen molar-refractivity contribution in [1.29, 1.82) is 0 Å². The van der Waals surface area contributed by atoms with Crippen molar-refractivity contribution >= 4 is 28.6 Å². The van der Waals surface area contributed by atoms with E-state index in [1.165, 1.54) is 13.5 Å². The number of amides is 1. The number of carbonyl (C=O) groups is 1. The summed E-state index contributed by atoms with van der Waals surface area (Å²) in [5.41, 5.74) is 2.62. The van der Waals surface area contributed by atoms with E-state index in [2.05, 4.69) is 6.07 Å². The molecule has 1 N–H and O–H groups in total. The van der Waals surface area contributed by atoms with Gasteiger partial charge in [0, 0.05) is 24.0 Å². The van der Waals surface area contributed by atoms with Crippen molar-refractivity contribution in [1.82, 2.24) is 4.90 Å². The SMILES string of the molecule is COc1cc(-c2oc3ccc(C(C)C(=O)N4CCCCC4)cc3c2SC)ccc1O. The van der Waals surface area contributed by atoms with Crippen molar-refractivity contribution in [3.05, 3.63) is 42.0 Å². The van der Waals surface area contributed by atoms with Crippen LogP contribution in [-0.4, -0.2) is 42.4 Å². The number of likely N-dealkylation sites (tertiary alicyclic amines) is 1. The largest absolute Gasteiger partial charge is 0.504 e. The van der Waals surface area contributed by atoms with Gasteiger partial charge in [-0.3, -0.25) is 4.79 Å². The molecular weight excluding hydrogens is 398 g/mol. The maximum Gasteiger partial charge on any atom is 0.229 e. The molecule has 30 heavy (non-hydrogen) atoms. The van der Waals surface area contributed by atoms with Gasteiger partial charge in [0.15, 0.2) is 11.5 Å². The standard InChI is InChI=1S/C24H27NO4S/c1-15(24(27)25-11-5-4-6-12-25)16-8-10-20-18(13-16)23(30-3)22(29-20)17-7-9-19(26)21(14-17)28-2/h7-10,13-15,26H,4-6,11-12H2,1-3H3. The maximum absolute atomic E-state index is 13.0. The first-order chi connectivity index (χ1) is 14.5. The third-order valence-electron chi connectivity index (χ3n) is 5.85. The number of furan rings is 1. The zero-order valence-electron chi connectivity index (χ0n) is 17.6. The van der Waals surface area contributed by atoms with Crippen molar-refractivity contribution in [3.8, 4) is 22.8 Å². The molecule has 1 unspecified atom stereocenters. The van der Waals surface area contributed by atoms with Crippen LogP contribution in [0.1, 0.15) is 37.7 Å². The quantitative estimate of drug-likeness (QED) is 0.535. The number of phenolic OH excluding ortho intramolecular Hbond substituents is 1. The number of nitrogens with zero attached hydrogens (tertiary/aromatic N) is 1. The van der Waals surface area contributed by atoms with Crippen LogP contribution in [-0.2, 0) is 4.79 Å². The second kappa shape index (κ2) is 8.64. The van der Waals surface area contributed by atoms with Crippen LogP contribution in [0.15, 0.2) is 45.7 Å². The Morgan fingerprint density at radius 3 is 2.63 bits per heavy atom. The van der Waals surface area contributed by atoms with E-state index in [9.17, 15) is 9.90 Å². The Morgan fingerprint density at radius 2 is 1.93 bits per heavy atom. The molecule has 0 bridgehead atoms. The lowest BCUT2D eigenvalue weighted by Gasteiger charge is -2.29. The first-order valence-corrected chi connectivity index (χ1v) is 11.5. The molecule has 2 aromatic carbocycles. The smallest absolute Gasteiger partial charge is 0.229 e. The van der Waals surface area contributed by atoms with Gasteiger partial charge in [-0.1, -0.05) is 6.07 Å². The van der Waals surface area contributed by atoms with Gasteiger partial charge in [-0.2, -0.15) is 0 Å². The Balaban J connectivity index is 1.72. The Kier molecular flexibility index (Phi) is 5.95. The fourth-order valence-corrected chi connectivity index (χ4v) is 4.83. The highest BCUT2D eigenvalue weighted by molar-refractivity contribution is 7.99. The van der Waals surface area contributed by atoms with Crippen LogP contribution in [0.5, 0.6) is 11.5 Å². The molecule has 4 rings (SSSR count). The molecule has 5 nitrogen and oxygen atoms in total. The van der Waals surface area contributed by atoms with Crippen LogP contribution in [0, 0.1) is 0 Å². The molecule has 158 valence electrons. The van der Waals surface area contributed by atoms with Crippen molar-refractivity contribution < 1.29 is 19.1 Å². The Hall–Kier alpha value is -2.60. The number of piperidine rings is 1. The Morgan fingerprint density at radius 1 is 1.17 bits per heavy atom. The van der Waals surface area contributed by atoms with Gasteiger partial charge in [-0.05, 0) is 68.3 Å². The summed E-state index contributed by atoms with van der Waals surface area (Å²) in [7, 11) is 1.53. The van der Waals surface area contributed by atoms with Crippen molar-refractivity contribution in [2.24, 2.45) is 0 Å². The average molecular weight is 426 g/mol. The van der Waals surface area contributed by atoms with Crippen LogP contribution in [0.3, 0.4) is 0 Å². The molecule has 1 saturated heterocycles. The number of methoxy groups -OCH3 is 1. The second-order valence-corrected chi connectivity index (χ2v) is 8.53. The summed E-state index contributed by atoms with van der Waals surface area (Å²) in [5, 5.41) is 10.9. The molecular formula is C24H27NO4S. The van der Waals surface area contributed by atoms with Crippen LogP contribution in [0.4, 0.5) is 0 Å². The van der Waals surface area contributed by atoms with Gasteiger partial charge in [0.2, 0.25) is 5.91 Å². The summed E-state index contributed by atoms with van der Waals surface area (Å²) in [6, 6.07) is 11.2. The monoisotopic (exact) mass is 425 g/mol. The number of carbonyl (C=O) groups excluding carboxylic acids is 1. The molecule has 0 aliphatic carbocycles. The highest BCUT2D eigenvalue weighted by Crippen LogP contribution is 2.42. The third-order valence-corrected chi connectivity index (χ3v) is 6.66. The fourth-order valence-electron chi connectivity index (χ4n) is 4.10. The molecule has 1 aliphatic heterocycles. The minimum Gasteiger partial charge on any atom is -0.504 e. The molecule has 1 aromatic heterocycles. The molecule has 1 amide bonds. The van der Waals surface area contributed by atoms with Gasteiger partial charge >= 0.3 is 0 Å². The molecule has 2 heterocycles. The molecule has 1 fully saturated rings. The number of thioether (sulfide) groups is 1. The van der Waals surface area contributed by atoms with Gasteiger partial charge in [0.1, 0.15) is 11.3 Å². The lowest BCUT2D eigenvalue weighted by molar-refractivity contribution is -0.133. The van der Waals surface area contributed by atoms with Crippen molar-refractivity contribution in [2.75, 3.05) is 26.5 Å². The first-order valence-electron chi connectivity index (χ1n) is 10.3. The van der Waals surface area contributed by atoms with E-state index in [0.29, 0.717) is 5.75 Å². The number of benzene rings is 2. The van der Waals surface area contributed by atoms with E-state index in [-0.39, 0.29) is 17.6 Å². The third kappa shape index (κ3) is 3.76. The summed E-state index contributed by atoms with van der Waals surface area (Å²) in [4.78, 5) is 16.0. The lowest BCUT2D eigenvalue weighted by Crippen LogP contribution is -2.38. The summed E-state index contributed by atoms with van der Waals surface area (Å²) in [5.74, 6) is 1.25. The predicted octanol–water partition coefficient (Wildman–Crippen LogP) is 5.65. The molecule has 0 radical (unpaired) electrons. The summed E-state index contributed by atoms with van der Waals surface area (Å²) in [6.07, 6.45) is 5.41. The number of aromatic hydroxyl groups is 1. The summed E-state index contributed by atoms with van der Waals surface area (Å²) < 4.78 is 11.4. The number of ether oxygens (including phenoxy) is 1. The topological polar surface area (TPSA) is 62.9 Å². The molecule has 0 spiro atoms. The zero-order chi connectivity index (χ0) is 21.3. The maximum atomic E-state index is 13.0. The van der Waals surface area contributed by atoms with E-state index in [4.69, 9.17) is 9.15 Å². The van der Waals surface area contributed by atoms with Crippen LogP contribution in [0.25, 0.3) is 22.3 Å². The molecule has 1 aliphatic rings. The van der Waals surface area contributed by atoms with Gasteiger partial charge < -0.3 is 19.2 Å². The predicted molar refractivity (Wildman–Crippen MR) is 120 cm³/mol. The second-order valence-electron chi connectivity index (χ2n) is 7.71. The van der Waals surface area contributed by atoms with Gasteiger partial charge in [-0.25, -0.2) is 0 Å². The van der Waals surface area contributed by atoms with Crippen molar-refractivity contribution in [2.45, 2.75) is 37.0 Å². The number of hydrogen-bond donors (Lipinski definition) is 1. The van der Waals surface area contributed by atoms with Gasteiger partial charge in [-0.15, -0.1) is 11.8 Å². The van der Waals surface area contributed by atoms with Gasteiger partial charge in [0.25, 0.3) is 0 Å². The number of rotatable bonds is 5. The minimum atomic E-state index is -0.186. The normalized spacial score (nSPS) is 15.4. The molecule has 0 saturated carbocycles. The fraction of sp³-hybridized carbons (Fsp3) is 0.375. The Labute approximate surface area is 181 Å². The zero-order valence-corrected chi connectivity index (χ0v) is 18.4. The van der Waals surface area contributed by atoms with Gasteiger partial charge in [0.05, 0.1) is 17.9 Å². The van der Waals surface area contributed by atoms with Crippen LogP contribution >= 0.6 is 11.8 Å². The summed E-state index contributed by atoms with van der Waals surface area (Å²) in [6.45, 7) is 3.71.